The lowest BCUT2D eigenvalue weighted by atomic mass is 10.2. The normalized spacial score (nSPS) is 16.2. The molecule has 4 aromatic heterocycles. The summed E-state index contributed by atoms with van der Waals surface area (Å²) >= 11 is 0. The van der Waals surface area contributed by atoms with Crippen molar-refractivity contribution in [2.45, 2.75) is 18.3 Å². The molecule has 1 aliphatic rings. The van der Waals surface area contributed by atoms with Crippen molar-refractivity contribution in [3.63, 3.8) is 0 Å². The van der Waals surface area contributed by atoms with Crippen molar-refractivity contribution in [1.82, 2.24) is 39.5 Å². The minimum atomic E-state index is -4.69. The molecule has 0 aromatic carbocycles. The summed E-state index contributed by atoms with van der Waals surface area (Å²) in [7, 11) is -3.24. The molecule has 0 aliphatic carbocycles. The van der Waals surface area contributed by atoms with E-state index >= 15 is 0 Å². The van der Waals surface area contributed by atoms with Crippen LogP contribution in [0.3, 0.4) is 0 Å². The van der Waals surface area contributed by atoms with Crippen LogP contribution in [0.2, 0.25) is 0 Å². The molecule has 14 heteroatoms. The van der Waals surface area contributed by atoms with Crippen molar-refractivity contribution < 1.29 is 21.6 Å². The van der Waals surface area contributed by atoms with Gasteiger partial charge in [0.05, 0.1) is 35.4 Å². The highest BCUT2D eigenvalue weighted by molar-refractivity contribution is 7.90. The molecule has 2 N–H and O–H groups in total. The van der Waals surface area contributed by atoms with Gasteiger partial charge >= 0.3 is 6.18 Å². The van der Waals surface area contributed by atoms with Gasteiger partial charge in [0.1, 0.15) is 11.4 Å². The van der Waals surface area contributed by atoms with Crippen molar-refractivity contribution >= 4 is 15.6 Å². The molecule has 5 heterocycles. The summed E-state index contributed by atoms with van der Waals surface area (Å²) in [5, 5.41) is 5.52. The van der Waals surface area contributed by atoms with Crippen LogP contribution in [0, 0.1) is 0 Å². The molecular weight excluding hydrogens is 413 g/mol. The Labute approximate surface area is 160 Å². The molecule has 4 aromatic rings. The van der Waals surface area contributed by atoms with E-state index in [0.717, 1.165) is 0 Å². The SMILES string of the molecule is O=S1(=O)CCc2nc3nc(-c4n[nH]c(C(F)(F)F)n4)c(-c4cnc[nH]4)n3cc2C1. The first-order valence-electron chi connectivity index (χ1n) is 8.31. The van der Waals surface area contributed by atoms with Gasteiger partial charge in [0.25, 0.3) is 0 Å². The third-order valence-corrected chi connectivity index (χ3v) is 6.10. The Balaban J connectivity index is 1.76. The molecule has 0 amide bonds. The van der Waals surface area contributed by atoms with E-state index in [4.69, 9.17) is 0 Å². The molecular formula is C15H11F3N8O2S. The fourth-order valence-electron chi connectivity index (χ4n) is 3.24. The number of imidazole rings is 2. The van der Waals surface area contributed by atoms with Gasteiger partial charge in [-0.1, -0.05) is 0 Å². The third kappa shape index (κ3) is 2.95. The summed E-state index contributed by atoms with van der Waals surface area (Å²) in [4.78, 5) is 19.1. The van der Waals surface area contributed by atoms with E-state index in [1.54, 1.807) is 6.20 Å². The van der Waals surface area contributed by atoms with E-state index in [2.05, 4.69) is 30.0 Å². The Kier molecular flexibility index (Phi) is 3.59. The Morgan fingerprint density at radius 2 is 2.00 bits per heavy atom. The minimum Gasteiger partial charge on any atom is -0.343 e. The maximum absolute atomic E-state index is 12.9. The molecule has 150 valence electrons. The molecule has 0 saturated heterocycles. The topological polar surface area (TPSA) is 135 Å². The number of nitrogens with one attached hydrogen (secondary N) is 2. The van der Waals surface area contributed by atoms with Gasteiger partial charge < -0.3 is 4.98 Å². The summed E-state index contributed by atoms with van der Waals surface area (Å²) in [5.41, 5.74) is 1.92. The minimum absolute atomic E-state index is 0.0139. The molecule has 0 unspecified atom stereocenters. The highest BCUT2D eigenvalue weighted by atomic mass is 32.2. The number of aryl methyl sites for hydroxylation is 1. The number of hydrogen-bond acceptors (Lipinski definition) is 7. The number of aromatic nitrogens is 8. The zero-order chi connectivity index (χ0) is 20.4. The van der Waals surface area contributed by atoms with Gasteiger partial charge in [0.2, 0.25) is 17.4 Å². The number of H-pyrrole nitrogens is 2. The number of halogens is 3. The highest BCUT2D eigenvalue weighted by Crippen LogP contribution is 2.33. The Morgan fingerprint density at radius 1 is 1.17 bits per heavy atom. The second-order valence-electron chi connectivity index (χ2n) is 6.50. The molecule has 0 spiro atoms. The second-order valence-corrected chi connectivity index (χ2v) is 8.69. The lowest BCUT2D eigenvalue weighted by Crippen LogP contribution is -2.21. The number of fused-ring (bicyclic) bond motifs is 2. The highest BCUT2D eigenvalue weighted by Gasteiger charge is 2.36. The Bertz CT molecular complexity index is 1340. The fourth-order valence-corrected chi connectivity index (χ4v) is 4.60. The van der Waals surface area contributed by atoms with E-state index in [0.29, 0.717) is 22.6 Å². The van der Waals surface area contributed by atoms with Crippen molar-refractivity contribution in [2.75, 3.05) is 5.75 Å². The van der Waals surface area contributed by atoms with Gasteiger partial charge in [-0.3, -0.25) is 9.50 Å². The summed E-state index contributed by atoms with van der Waals surface area (Å²) in [5.74, 6) is -1.50. The number of hydrogen-bond donors (Lipinski definition) is 2. The predicted molar refractivity (Wildman–Crippen MR) is 92.1 cm³/mol. The smallest absolute Gasteiger partial charge is 0.343 e. The van der Waals surface area contributed by atoms with Crippen LogP contribution in [0.4, 0.5) is 13.2 Å². The molecule has 0 saturated carbocycles. The van der Waals surface area contributed by atoms with Gasteiger partial charge in [0, 0.05) is 18.2 Å². The number of sulfone groups is 1. The largest absolute Gasteiger partial charge is 0.451 e. The summed E-state index contributed by atoms with van der Waals surface area (Å²) in [6.07, 6.45) is -0.00828. The molecule has 0 bridgehead atoms. The Morgan fingerprint density at radius 3 is 2.69 bits per heavy atom. The zero-order valence-corrected chi connectivity index (χ0v) is 15.2. The van der Waals surface area contributed by atoms with E-state index < -0.39 is 21.8 Å². The molecule has 10 nitrogen and oxygen atoms in total. The van der Waals surface area contributed by atoms with Crippen LogP contribution in [0.1, 0.15) is 17.1 Å². The number of rotatable bonds is 2. The number of nitrogens with zero attached hydrogens (tertiary/aromatic N) is 6. The van der Waals surface area contributed by atoms with Crippen molar-refractivity contribution in [2.24, 2.45) is 0 Å². The van der Waals surface area contributed by atoms with Crippen LogP contribution in [0.5, 0.6) is 0 Å². The van der Waals surface area contributed by atoms with Crippen LogP contribution in [-0.4, -0.2) is 53.7 Å². The zero-order valence-electron chi connectivity index (χ0n) is 14.4. The van der Waals surface area contributed by atoms with E-state index in [9.17, 15) is 21.6 Å². The molecule has 0 fully saturated rings. The Hall–Kier alpha value is -3.29. The standard InChI is InChI=1S/C15H11F3N8O2S/c16-15(17,18)13-23-12(24-25-13)10-11(9-3-19-6-20-9)26-4-7-5-29(27,28)2-1-8(7)21-14(26)22-10/h3-4,6H,1-2,5H2,(H,19,20)(H,23,24,25). The van der Waals surface area contributed by atoms with Crippen LogP contribution < -0.4 is 0 Å². The summed E-state index contributed by atoms with van der Waals surface area (Å²) in [6.45, 7) is 0. The maximum Gasteiger partial charge on any atom is 0.451 e. The predicted octanol–water partition coefficient (Wildman–Crippen LogP) is 1.39. The van der Waals surface area contributed by atoms with Gasteiger partial charge in [-0.15, -0.1) is 0 Å². The maximum atomic E-state index is 12.9. The second kappa shape index (κ2) is 5.85. The van der Waals surface area contributed by atoms with Crippen LogP contribution in [0.15, 0.2) is 18.7 Å². The molecule has 1 aliphatic heterocycles. The fraction of sp³-hybridized carbons (Fsp3) is 0.267. The first kappa shape index (κ1) is 17.8. The summed E-state index contributed by atoms with van der Waals surface area (Å²) in [6, 6.07) is 0. The van der Waals surface area contributed by atoms with Gasteiger partial charge in [-0.05, 0) is 0 Å². The lowest BCUT2D eigenvalue weighted by Gasteiger charge is -2.15. The third-order valence-electron chi connectivity index (χ3n) is 4.53. The van der Waals surface area contributed by atoms with E-state index in [1.807, 2.05) is 5.10 Å². The van der Waals surface area contributed by atoms with Crippen molar-refractivity contribution in [1.29, 1.82) is 0 Å². The summed E-state index contributed by atoms with van der Waals surface area (Å²) < 4.78 is 64.3. The van der Waals surface area contributed by atoms with Gasteiger partial charge in [-0.25, -0.2) is 28.4 Å². The van der Waals surface area contributed by atoms with Crippen molar-refractivity contribution in [3.05, 3.63) is 35.8 Å². The average molecular weight is 424 g/mol. The van der Waals surface area contributed by atoms with Crippen LogP contribution in [0.25, 0.3) is 28.7 Å². The first-order valence-corrected chi connectivity index (χ1v) is 10.1. The van der Waals surface area contributed by atoms with E-state index in [-0.39, 0.29) is 35.2 Å². The lowest BCUT2D eigenvalue weighted by molar-refractivity contribution is -0.144. The van der Waals surface area contributed by atoms with Gasteiger partial charge in [0.15, 0.2) is 9.84 Å². The van der Waals surface area contributed by atoms with Crippen molar-refractivity contribution in [3.8, 4) is 22.9 Å². The first-order chi connectivity index (χ1) is 13.7. The quantitative estimate of drug-likeness (QED) is 0.497. The molecule has 0 atom stereocenters. The number of aromatic amines is 2. The molecule has 29 heavy (non-hydrogen) atoms. The molecule has 5 rings (SSSR count). The van der Waals surface area contributed by atoms with Gasteiger partial charge in [-0.2, -0.15) is 18.3 Å². The van der Waals surface area contributed by atoms with Crippen LogP contribution >= 0.6 is 0 Å². The monoisotopic (exact) mass is 424 g/mol. The number of alkyl halides is 3. The average Bonchev–Trinajstić information content (AvgIpc) is 3.36. The molecule has 0 radical (unpaired) electrons. The van der Waals surface area contributed by atoms with E-state index in [1.165, 1.54) is 16.9 Å². The van der Waals surface area contributed by atoms with Crippen LogP contribution in [-0.2, 0) is 28.2 Å².